The van der Waals surface area contributed by atoms with Gasteiger partial charge in [0.05, 0.1) is 24.3 Å². The first-order valence-corrected chi connectivity index (χ1v) is 13.4. The lowest BCUT2D eigenvalue weighted by atomic mass is 9.74. The maximum Gasteiger partial charge on any atom is 0.213 e. The number of ether oxygens (including phenoxy) is 1. The molecular weight excluding hydrogens is 494 g/mol. The second-order valence-corrected chi connectivity index (χ2v) is 10.9. The molecule has 0 radical (unpaired) electrons. The van der Waals surface area contributed by atoms with E-state index in [1.807, 2.05) is 24.3 Å². The summed E-state index contributed by atoms with van der Waals surface area (Å²) in [6.45, 7) is 6.81. The molecule has 0 bridgehead atoms. The Kier molecular flexibility index (Phi) is 6.43. The van der Waals surface area contributed by atoms with E-state index in [-0.39, 0.29) is 5.41 Å². The summed E-state index contributed by atoms with van der Waals surface area (Å²) in [6.07, 6.45) is 3.88. The Balaban J connectivity index is 1.23. The number of hydrogen-bond acceptors (Lipinski definition) is 6. The van der Waals surface area contributed by atoms with Gasteiger partial charge in [0.1, 0.15) is 5.15 Å². The van der Waals surface area contributed by atoms with E-state index in [4.69, 9.17) is 21.3 Å². The Morgan fingerprint density at radius 3 is 2.63 bits per heavy atom. The molecule has 192 valence electrons. The molecule has 0 amide bonds. The van der Waals surface area contributed by atoms with E-state index in [1.54, 1.807) is 13.3 Å². The van der Waals surface area contributed by atoms with Crippen molar-refractivity contribution in [3.63, 3.8) is 0 Å². The zero-order valence-electron chi connectivity index (χ0n) is 21.7. The number of piperidine rings is 1. The first-order valence-electron chi connectivity index (χ1n) is 13.0. The zero-order valence-corrected chi connectivity index (χ0v) is 22.5. The molecule has 1 spiro atoms. The number of nitrogens with zero attached hydrogens (tertiary/aromatic N) is 5. The minimum atomic E-state index is 0.0445. The average Bonchev–Trinajstić information content (AvgIpc) is 3.23. The predicted molar refractivity (Wildman–Crippen MR) is 151 cm³/mol. The molecule has 6 rings (SSSR count). The molecule has 1 fully saturated rings. The van der Waals surface area contributed by atoms with Crippen molar-refractivity contribution in [3.8, 4) is 11.9 Å². The number of halogens is 1. The first kappa shape index (κ1) is 24.7. The van der Waals surface area contributed by atoms with E-state index in [0.717, 1.165) is 67.6 Å². The van der Waals surface area contributed by atoms with Crippen molar-refractivity contribution in [2.75, 3.05) is 31.6 Å². The van der Waals surface area contributed by atoms with Gasteiger partial charge < -0.3 is 9.64 Å². The van der Waals surface area contributed by atoms with Gasteiger partial charge in [-0.25, -0.2) is 9.97 Å². The van der Waals surface area contributed by atoms with Gasteiger partial charge in [0.2, 0.25) is 5.88 Å². The Labute approximate surface area is 228 Å². The number of likely N-dealkylation sites (tertiary alicyclic amines) is 1. The predicted octanol–water partition coefficient (Wildman–Crippen LogP) is 6.03. The maximum atomic E-state index is 9.62. The lowest BCUT2D eigenvalue weighted by Gasteiger charge is -2.40. The Hall–Kier alpha value is -3.66. The highest BCUT2D eigenvalue weighted by molar-refractivity contribution is 6.29. The third-order valence-electron chi connectivity index (χ3n) is 8.31. The lowest BCUT2D eigenvalue weighted by molar-refractivity contribution is 0.159. The summed E-state index contributed by atoms with van der Waals surface area (Å²) >= 11 is 6.17. The van der Waals surface area contributed by atoms with Gasteiger partial charge in [-0.15, -0.1) is 0 Å². The molecule has 2 aliphatic heterocycles. The quantitative estimate of drug-likeness (QED) is 0.298. The molecule has 38 heavy (non-hydrogen) atoms. The zero-order chi connectivity index (χ0) is 26.3. The number of pyridine rings is 2. The molecule has 2 aliphatic rings. The summed E-state index contributed by atoms with van der Waals surface area (Å²) in [5.74, 6) is 0.646. The SMILES string of the molecule is COc1ccc2ccc(CN3CCC4(CC3)CN(Cc3ccnc(Cl)c3)c3ccc(C#N)cc34)c(C)c2n1. The Morgan fingerprint density at radius 2 is 1.87 bits per heavy atom. The van der Waals surface area contributed by atoms with E-state index in [9.17, 15) is 5.26 Å². The molecule has 0 N–H and O–H groups in total. The van der Waals surface area contributed by atoms with Crippen LogP contribution >= 0.6 is 11.6 Å². The monoisotopic (exact) mass is 523 g/mol. The smallest absolute Gasteiger partial charge is 0.213 e. The second kappa shape index (κ2) is 9.90. The van der Waals surface area contributed by atoms with Gasteiger partial charge in [-0.2, -0.15) is 5.26 Å². The molecule has 1 saturated heterocycles. The van der Waals surface area contributed by atoms with Crippen molar-refractivity contribution >= 4 is 28.2 Å². The number of methoxy groups -OCH3 is 1. The van der Waals surface area contributed by atoms with Crippen molar-refractivity contribution in [1.82, 2.24) is 14.9 Å². The first-order chi connectivity index (χ1) is 18.5. The summed E-state index contributed by atoms with van der Waals surface area (Å²) in [6, 6.07) is 20.9. The summed E-state index contributed by atoms with van der Waals surface area (Å²) in [7, 11) is 1.66. The minimum Gasteiger partial charge on any atom is -0.481 e. The largest absolute Gasteiger partial charge is 0.481 e. The van der Waals surface area contributed by atoms with Crippen LogP contribution in [0.5, 0.6) is 5.88 Å². The molecule has 2 aromatic carbocycles. The van der Waals surface area contributed by atoms with E-state index < -0.39 is 0 Å². The maximum absolute atomic E-state index is 9.62. The number of benzene rings is 2. The minimum absolute atomic E-state index is 0.0445. The number of aromatic nitrogens is 2. The molecule has 0 saturated carbocycles. The van der Waals surface area contributed by atoms with Crippen molar-refractivity contribution in [2.45, 2.75) is 38.3 Å². The second-order valence-electron chi connectivity index (χ2n) is 10.5. The highest BCUT2D eigenvalue weighted by Gasteiger charge is 2.44. The molecule has 0 unspecified atom stereocenters. The van der Waals surface area contributed by atoms with Gasteiger partial charge >= 0.3 is 0 Å². The third-order valence-corrected chi connectivity index (χ3v) is 8.52. The van der Waals surface area contributed by atoms with Crippen LogP contribution in [0.3, 0.4) is 0 Å². The fourth-order valence-electron chi connectivity index (χ4n) is 6.19. The van der Waals surface area contributed by atoms with Crippen LogP contribution in [-0.2, 0) is 18.5 Å². The highest BCUT2D eigenvalue weighted by Crippen LogP contribution is 2.48. The fourth-order valence-corrected chi connectivity index (χ4v) is 6.39. The fraction of sp³-hybridized carbons (Fsp3) is 0.323. The molecule has 0 aliphatic carbocycles. The highest BCUT2D eigenvalue weighted by atomic mass is 35.5. The molecule has 6 nitrogen and oxygen atoms in total. The molecule has 4 heterocycles. The Bertz CT molecular complexity index is 1550. The molecule has 7 heteroatoms. The number of nitriles is 1. The molecule has 4 aromatic rings. The number of fused-ring (bicyclic) bond motifs is 3. The van der Waals surface area contributed by atoms with E-state index >= 15 is 0 Å². The van der Waals surface area contributed by atoms with E-state index in [0.29, 0.717) is 11.0 Å². The summed E-state index contributed by atoms with van der Waals surface area (Å²) in [5, 5.41) is 11.3. The van der Waals surface area contributed by atoms with Crippen molar-refractivity contribution in [1.29, 1.82) is 5.26 Å². The van der Waals surface area contributed by atoms with Crippen LogP contribution in [-0.4, -0.2) is 41.6 Å². The average molecular weight is 524 g/mol. The third kappa shape index (κ3) is 4.47. The van der Waals surface area contributed by atoms with E-state index in [1.165, 1.54) is 22.4 Å². The van der Waals surface area contributed by atoms with Crippen LogP contribution in [0.4, 0.5) is 5.69 Å². The summed E-state index contributed by atoms with van der Waals surface area (Å²) in [4.78, 5) is 13.8. The van der Waals surface area contributed by atoms with Gasteiger partial charge in [0.25, 0.3) is 0 Å². The van der Waals surface area contributed by atoms with Crippen molar-refractivity contribution in [3.05, 3.63) is 93.8 Å². The van der Waals surface area contributed by atoms with Gasteiger partial charge in [0.15, 0.2) is 0 Å². The van der Waals surface area contributed by atoms with Gasteiger partial charge in [-0.1, -0.05) is 23.7 Å². The number of anilines is 1. The van der Waals surface area contributed by atoms with Crippen molar-refractivity contribution < 1.29 is 4.74 Å². The normalized spacial score (nSPS) is 16.5. The molecule has 0 atom stereocenters. The molecular formula is C31H30ClN5O. The van der Waals surface area contributed by atoms with Gasteiger partial charge in [-0.05, 0) is 91.5 Å². The Morgan fingerprint density at radius 1 is 1.05 bits per heavy atom. The van der Waals surface area contributed by atoms with Crippen LogP contribution < -0.4 is 9.64 Å². The van der Waals surface area contributed by atoms with Crippen LogP contribution in [0.25, 0.3) is 10.9 Å². The van der Waals surface area contributed by atoms with Crippen LogP contribution in [0.15, 0.2) is 60.8 Å². The van der Waals surface area contributed by atoms with E-state index in [2.05, 4.69) is 58.1 Å². The summed E-state index contributed by atoms with van der Waals surface area (Å²) in [5.41, 5.74) is 8.00. The number of rotatable bonds is 5. The lowest BCUT2D eigenvalue weighted by Crippen LogP contribution is -2.44. The van der Waals surface area contributed by atoms with Crippen LogP contribution in [0, 0.1) is 18.3 Å². The van der Waals surface area contributed by atoms with Crippen LogP contribution in [0.1, 0.15) is 40.7 Å². The molecule has 2 aromatic heterocycles. The number of hydrogen-bond donors (Lipinski definition) is 0. The summed E-state index contributed by atoms with van der Waals surface area (Å²) < 4.78 is 5.36. The van der Waals surface area contributed by atoms with Gasteiger partial charge in [0, 0.05) is 48.4 Å². The standard InChI is InChI=1S/C31H30ClN5O/c1-21-25(5-4-24-6-8-29(38-2)35-30(21)24)19-36-13-10-31(11-14-36)20-37(18-23-9-12-34-28(32)16-23)27-7-3-22(17-33)15-26(27)31/h3-9,12,15-16H,10-11,13-14,18-20H2,1-2H3. The van der Waals surface area contributed by atoms with Crippen molar-refractivity contribution in [2.24, 2.45) is 0 Å². The van der Waals surface area contributed by atoms with Crippen LogP contribution in [0.2, 0.25) is 5.15 Å². The topological polar surface area (TPSA) is 65.3 Å². The van der Waals surface area contributed by atoms with Gasteiger partial charge in [-0.3, -0.25) is 4.90 Å². The number of aryl methyl sites for hydroxylation is 1.